The average Bonchev–Trinajstić information content (AvgIpc) is 3.09. The molecule has 4 nitrogen and oxygen atoms in total. The van der Waals surface area contributed by atoms with Gasteiger partial charge in [0.25, 0.3) is 0 Å². The van der Waals surface area contributed by atoms with E-state index in [4.69, 9.17) is 4.74 Å². The first-order chi connectivity index (χ1) is 10.4. The van der Waals surface area contributed by atoms with E-state index in [1.807, 2.05) is 0 Å². The van der Waals surface area contributed by atoms with E-state index in [1.54, 1.807) is 10.9 Å². The fraction of sp³-hybridized carbons (Fsp3) is 0.0714. The maximum Gasteiger partial charge on any atom is 0.416 e. The van der Waals surface area contributed by atoms with Crippen molar-refractivity contribution in [2.45, 2.75) is 6.18 Å². The van der Waals surface area contributed by atoms with E-state index in [0.717, 1.165) is 12.1 Å². The summed E-state index contributed by atoms with van der Waals surface area (Å²) in [5.74, 6) is -0.692. The van der Waals surface area contributed by atoms with Crippen LogP contribution in [0.2, 0.25) is 0 Å². The Morgan fingerprint density at radius 2 is 1.91 bits per heavy atom. The van der Waals surface area contributed by atoms with E-state index in [-0.39, 0.29) is 11.6 Å². The van der Waals surface area contributed by atoms with Crippen LogP contribution in [0.25, 0.3) is 6.08 Å². The molecule has 0 unspecified atom stereocenters. The predicted molar refractivity (Wildman–Crippen MR) is 74.2 cm³/mol. The monoisotopic (exact) mass is 324 g/mol. The molecule has 0 atom stereocenters. The molecular weight excluding hydrogens is 317 g/mol. The van der Waals surface area contributed by atoms with Crippen LogP contribution in [0.1, 0.15) is 16.8 Å². The van der Waals surface area contributed by atoms with E-state index in [1.165, 1.54) is 29.5 Å². The third-order valence-corrected chi connectivity index (χ3v) is 3.42. The van der Waals surface area contributed by atoms with Gasteiger partial charge in [0, 0.05) is 10.9 Å². The van der Waals surface area contributed by atoms with Crippen LogP contribution in [0.5, 0.6) is 0 Å². The van der Waals surface area contributed by atoms with Crippen molar-refractivity contribution in [3.8, 4) is 0 Å². The summed E-state index contributed by atoms with van der Waals surface area (Å²) in [6.07, 6.45) is -2.96. The lowest BCUT2D eigenvalue weighted by Crippen LogP contribution is -2.08. The number of hydrogen-bond donors (Lipinski definition) is 0. The van der Waals surface area contributed by atoms with Gasteiger partial charge >= 0.3 is 12.1 Å². The van der Waals surface area contributed by atoms with Crippen molar-refractivity contribution in [1.82, 2.24) is 4.98 Å². The summed E-state index contributed by atoms with van der Waals surface area (Å²) < 4.78 is 42.5. The molecule has 1 aromatic heterocycles. The minimum absolute atomic E-state index is 0.0276. The summed E-state index contributed by atoms with van der Waals surface area (Å²) in [5, 5.41) is 1.73. The van der Waals surface area contributed by atoms with Crippen molar-refractivity contribution in [2.24, 2.45) is 4.99 Å². The van der Waals surface area contributed by atoms with Gasteiger partial charge in [-0.1, -0.05) is 0 Å². The van der Waals surface area contributed by atoms with Crippen LogP contribution >= 0.6 is 11.3 Å². The highest BCUT2D eigenvalue weighted by Gasteiger charge is 2.31. The Morgan fingerprint density at radius 3 is 2.50 bits per heavy atom. The van der Waals surface area contributed by atoms with E-state index < -0.39 is 17.7 Å². The summed E-state index contributed by atoms with van der Waals surface area (Å²) in [7, 11) is 0. The van der Waals surface area contributed by atoms with Crippen LogP contribution in [-0.4, -0.2) is 16.9 Å². The molecule has 1 aliphatic heterocycles. The summed E-state index contributed by atoms with van der Waals surface area (Å²) in [6, 6.07) is 4.24. The Bertz CT molecular complexity index is 762. The molecule has 22 heavy (non-hydrogen) atoms. The number of cyclic esters (lactones) is 1. The number of hydrogen-bond acceptors (Lipinski definition) is 5. The Hall–Kier alpha value is -2.48. The van der Waals surface area contributed by atoms with Crippen molar-refractivity contribution >= 4 is 29.3 Å². The highest BCUT2D eigenvalue weighted by molar-refractivity contribution is 7.07. The number of alkyl halides is 3. The van der Waals surface area contributed by atoms with Crippen LogP contribution in [-0.2, 0) is 15.7 Å². The lowest BCUT2D eigenvalue weighted by Gasteiger charge is -2.06. The first-order valence-corrected chi connectivity index (χ1v) is 6.96. The third kappa shape index (κ3) is 2.91. The van der Waals surface area contributed by atoms with Crippen LogP contribution in [0.4, 0.5) is 13.2 Å². The van der Waals surface area contributed by atoms with Crippen LogP contribution < -0.4 is 0 Å². The quantitative estimate of drug-likeness (QED) is 0.627. The molecule has 3 rings (SSSR count). The van der Waals surface area contributed by atoms with Gasteiger partial charge in [0.1, 0.15) is 0 Å². The van der Waals surface area contributed by atoms with Gasteiger partial charge in [0.15, 0.2) is 5.70 Å². The number of aliphatic imine (C=N–C) groups is 1. The summed E-state index contributed by atoms with van der Waals surface area (Å²) >= 11 is 1.36. The summed E-state index contributed by atoms with van der Waals surface area (Å²) in [5.41, 5.74) is 1.74. The molecule has 0 fully saturated rings. The lowest BCUT2D eigenvalue weighted by atomic mass is 10.1. The van der Waals surface area contributed by atoms with Gasteiger partial charge in [-0.25, -0.2) is 14.8 Å². The van der Waals surface area contributed by atoms with Crippen molar-refractivity contribution in [1.29, 1.82) is 0 Å². The van der Waals surface area contributed by atoms with Gasteiger partial charge in [-0.3, -0.25) is 0 Å². The van der Waals surface area contributed by atoms with Gasteiger partial charge in [-0.15, -0.1) is 11.3 Å². The Balaban J connectivity index is 1.88. The number of nitrogens with zero attached hydrogens (tertiary/aromatic N) is 2. The molecule has 0 saturated heterocycles. The Labute approximate surface area is 126 Å². The van der Waals surface area contributed by atoms with Crippen molar-refractivity contribution in [2.75, 3.05) is 0 Å². The molecule has 8 heteroatoms. The van der Waals surface area contributed by atoms with E-state index >= 15 is 0 Å². The maximum absolute atomic E-state index is 12.5. The zero-order valence-electron chi connectivity index (χ0n) is 10.8. The summed E-state index contributed by atoms with van der Waals surface area (Å²) in [6.45, 7) is 0. The molecule has 0 aliphatic carbocycles. The second-order valence-corrected chi connectivity index (χ2v) is 5.04. The van der Waals surface area contributed by atoms with Gasteiger partial charge in [0.05, 0.1) is 16.8 Å². The third-order valence-electron chi connectivity index (χ3n) is 2.82. The van der Waals surface area contributed by atoms with Crippen molar-refractivity contribution in [3.63, 3.8) is 0 Å². The van der Waals surface area contributed by atoms with E-state index in [0.29, 0.717) is 11.3 Å². The Kier molecular flexibility index (Phi) is 3.53. The molecule has 0 spiro atoms. The van der Waals surface area contributed by atoms with Gasteiger partial charge < -0.3 is 4.74 Å². The molecule has 112 valence electrons. The zero-order valence-corrected chi connectivity index (χ0v) is 11.6. The standard InChI is InChI=1S/C14H7F3N2O2S/c15-14(16,17)9-3-1-8(2-4-9)12-19-11(13(20)21-12)5-10-6-22-7-18-10/h1-7H/b11-5+. The van der Waals surface area contributed by atoms with Crippen molar-refractivity contribution in [3.05, 3.63) is 57.7 Å². The SMILES string of the molecule is O=C1OC(c2ccc(C(F)(F)F)cc2)=N/C1=C/c1cscn1. The first-order valence-electron chi connectivity index (χ1n) is 6.02. The van der Waals surface area contributed by atoms with Crippen LogP contribution in [0.15, 0.2) is 45.8 Å². The van der Waals surface area contributed by atoms with E-state index in [9.17, 15) is 18.0 Å². The minimum Gasteiger partial charge on any atom is -0.402 e. The average molecular weight is 324 g/mol. The minimum atomic E-state index is -4.41. The van der Waals surface area contributed by atoms with Gasteiger partial charge in [-0.05, 0) is 30.3 Å². The Morgan fingerprint density at radius 1 is 1.18 bits per heavy atom. The molecule has 0 N–H and O–H groups in total. The molecule has 0 saturated carbocycles. The van der Waals surface area contributed by atoms with Gasteiger partial charge in [-0.2, -0.15) is 13.2 Å². The number of halogens is 3. The number of carbonyl (C=O) groups excluding carboxylic acids is 1. The number of rotatable bonds is 2. The number of thiazole rings is 1. The highest BCUT2D eigenvalue weighted by atomic mass is 32.1. The largest absolute Gasteiger partial charge is 0.416 e. The molecule has 1 aliphatic rings. The fourth-order valence-electron chi connectivity index (χ4n) is 1.77. The van der Waals surface area contributed by atoms with Gasteiger partial charge in [0.2, 0.25) is 5.90 Å². The van der Waals surface area contributed by atoms with E-state index in [2.05, 4.69) is 9.98 Å². The van der Waals surface area contributed by atoms with Crippen LogP contribution in [0, 0.1) is 0 Å². The smallest absolute Gasteiger partial charge is 0.402 e. The van der Waals surface area contributed by atoms with Crippen molar-refractivity contribution < 1.29 is 22.7 Å². The molecule has 0 radical (unpaired) electrons. The second-order valence-electron chi connectivity index (χ2n) is 4.32. The fourth-order valence-corrected chi connectivity index (χ4v) is 2.28. The summed E-state index contributed by atoms with van der Waals surface area (Å²) in [4.78, 5) is 19.7. The molecule has 0 bridgehead atoms. The zero-order chi connectivity index (χ0) is 15.7. The predicted octanol–water partition coefficient (Wildman–Crippen LogP) is 3.51. The normalized spacial score (nSPS) is 16.8. The number of ether oxygens (including phenoxy) is 1. The number of carbonyl (C=O) groups is 1. The number of esters is 1. The van der Waals surface area contributed by atoms with Crippen LogP contribution in [0.3, 0.4) is 0 Å². The lowest BCUT2D eigenvalue weighted by molar-refractivity contribution is -0.137. The maximum atomic E-state index is 12.5. The molecule has 1 aromatic carbocycles. The first kappa shape index (κ1) is 14.5. The second kappa shape index (κ2) is 5.38. The molecular formula is C14H7F3N2O2S. The number of aromatic nitrogens is 1. The highest BCUT2D eigenvalue weighted by Crippen LogP contribution is 2.29. The molecule has 0 amide bonds. The number of benzene rings is 1. The molecule has 2 aromatic rings. The topological polar surface area (TPSA) is 51.5 Å². The molecule has 2 heterocycles.